The van der Waals surface area contributed by atoms with Crippen molar-refractivity contribution in [3.05, 3.63) is 70.3 Å². The summed E-state index contributed by atoms with van der Waals surface area (Å²) in [5.74, 6) is 0.720. The van der Waals surface area contributed by atoms with Gasteiger partial charge in [0.2, 0.25) is 10.0 Å². The van der Waals surface area contributed by atoms with Crippen molar-refractivity contribution in [1.82, 2.24) is 4.72 Å². The lowest BCUT2D eigenvalue weighted by molar-refractivity contribution is 0.0892. The van der Waals surface area contributed by atoms with Crippen LogP contribution in [0.2, 0.25) is 0 Å². The molecule has 3 heterocycles. The topological polar surface area (TPSA) is 88.8 Å². The summed E-state index contributed by atoms with van der Waals surface area (Å²) in [6.07, 6.45) is 3.55. The highest BCUT2D eigenvalue weighted by Gasteiger charge is 2.35. The molecule has 1 aliphatic rings. The lowest BCUT2D eigenvalue weighted by Gasteiger charge is -2.26. The fourth-order valence-corrected chi connectivity index (χ4v) is 4.91. The fourth-order valence-electron chi connectivity index (χ4n) is 2.96. The third kappa shape index (κ3) is 3.05. The van der Waals surface area contributed by atoms with E-state index in [1.54, 1.807) is 30.3 Å². The van der Waals surface area contributed by atoms with Gasteiger partial charge >= 0.3 is 0 Å². The zero-order chi connectivity index (χ0) is 18.2. The maximum atomic E-state index is 12.7. The van der Waals surface area contributed by atoms with Gasteiger partial charge in [-0.1, -0.05) is 6.07 Å². The van der Waals surface area contributed by atoms with Crippen LogP contribution in [-0.2, 0) is 22.0 Å². The first-order chi connectivity index (χ1) is 12.5. The standard InChI is InChI=1S/C18H17NO5S2/c20-18(14-6-7-23-11-14,17-2-1-9-25-17)12-19-26(21,22)15-3-4-16-13(10-15)5-8-24-16/h1-4,6-7,9-11,19-20H,5,8,12H2/t18-/m0/s1. The van der Waals surface area contributed by atoms with Crippen LogP contribution in [0.4, 0.5) is 0 Å². The highest BCUT2D eigenvalue weighted by molar-refractivity contribution is 7.89. The van der Waals surface area contributed by atoms with Gasteiger partial charge < -0.3 is 14.3 Å². The summed E-state index contributed by atoms with van der Waals surface area (Å²) < 4.78 is 38.5. The SMILES string of the molecule is O=S(=O)(NC[C@](O)(c1ccoc1)c1cccs1)c1ccc2c(c1)CCO2. The van der Waals surface area contributed by atoms with Gasteiger partial charge in [0.1, 0.15) is 11.4 Å². The van der Waals surface area contributed by atoms with Gasteiger partial charge in [-0.25, -0.2) is 13.1 Å². The molecule has 2 N–H and O–H groups in total. The first-order valence-corrected chi connectivity index (χ1v) is 10.4. The van der Waals surface area contributed by atoms with E-state index >= 15 is 0 Å². The molecule has 1 atom stereocenters. The molecular formula is C18H17NO5S2. The number of hydrogen-bond donors (Lipinski definition) is 2. The molecule has 136 valence electrons. The normalized spacial score (nSPS) is 16.0. The van der Waals surface area contributed by atoms with Crippen molar-refractivity contribution in [2.24, 2.45) is 0 Å². The molecule has 0 fully saturated rings. The van der Waals surface area contributed by atoms with E-state index in [1.165, 1.54) is 29.9 Å². The maximum absolute atomic E-state index is 12.7. The Morgan fingerprint density at radius 2 is 2.15 bits per heavy atom. The van der Waals surface area contributed by atoms with E-state index in [0.29, 0.717) is 23.5 Å². The molecule has 8 heteroatoms. The molecule has 0 spiro atoms. The number of benzene rings is 1. The first kappa shape index (κ1) is 17.3. The summed E-state index contributed by atoms with van der Waals surface area (Å²) in [6.45, 7) is 0.355. The second-order valence-electron chi connectivity index (χ2n) is 6.04. The van der Waals surface area contributed by atoms with Crippen molar-refractivity contribution in [1.29, 1.82) is 0 Å². The second-order valence-corrected chi connectivity index (χ2v) is 8.76. The Labute approximate surface area is 155 Å². The van der Waals surface area contributed by atoms with Crippen LogP contribution < -0.4 is 9.46 Å². The van der Waals surface area contributed by atoms with Crippen molar-refractivity contribution < 1.29 is 22.7 Å². The van der Waals surface area contributed by atoms with Crippen LogP contribution in [0, 0.1) is 0 Å². The first-order valence-electron chi connectivity index (χ1n) is 8.03. The van der Waals surface area contributed by atoms with E-state index in [-0.39, 0.29) is 11.4 Å². The highest BCUT2D eigenvalue weighted by Crippen LogP contribution is 2.33. The second kappa shape index (κ2) is 6.55. The zero-order valence-electron chi connectivity index (χ0n) is 13.7. The van der Waals surface area contributed by atoms with Gasteiger partial charge in [-0.3, -0.25) is 0 Å². The van der Waals surface area contributed by atoms with Gasteiger partial charge in [-0.2, -0.15) is 0 Å². The largest absolute Gasteiger partial charge is 0.493 e. The molecule has 6 nitrogen and oxygen atoms in total. The number of thiophene rings is 1. The van der Waals surface area contributed by atoms with Crippen LogP contribution in [0.1, 0.15) is 16.0 Å². The van der Waals surface area contributed by atoms with Crippen LogP contribution in [-0.4, -0.2) is 26.7 Å². The molecule has 1 aliphatic heterocycles. The van der Waals surface area contributed by atoms with Crippen LogP contribution in [0.5, 0.6) is 5.75 Å². The van der Waals surface area contributed by atoms with E-state index in [2.05, 4.69) is 4.72 Å². The van der Waals surface area contributed by atoms with Crippen molar-refractivity contribution >= 4 is 21.4 Å². The molecule has 0 bridgehead atoms. The minimum absolute atomic E-state index is 0.155. The summed E-state index contributed by atoms with van der Waals surface area (Å²) in [7, 11) is -3.79. The third-order valence-corrected chi connectivity index (χ3v) is 6.84. The van der Waals surface area contributed by atoms with Crippen LogP contribution in [0.25, 0.3) is 0 Å². The lowest BCUT2D eigenvalue weighted by atomic mass is 9.95. The molecule has 0 aliphatic carbocycles. The molecule has 0 amide bonds. The Morgan fingerprint density at radius 1 is 1.27 bits per heavy atom. The van der Waals surface area contributed by atoms with Gasteiger partial charge in [-0.05, 0) is 41.3 Å². The molecular weight excluding hydrogens is 374 g/mol. The molecule has 4 rings (SSSR count). The van der Waals surface area contributed by atoms with Gasteiger partial charge in [0.05, 0.1) is 24.0 Å². The van der Waals surface area contributed by atoms with Crippen LogP contribution in [0.3, 0.4) is 0 Å². The van der Waals surface area contributed by atoms with E-state index in [1.807, 2.05) is 5.38 Å². The van der Waals surface area contributed by atoms with Gasteiger partial charge in [0.15, 0.2) is 0 Å². The number of hydrogen-bond acceptors (Lipinski definition) is 6. The van der Waals surface area contributed by atoms with E-state index in [0.717, 1.165) is 11.3 Å². The summed E-state index contributed by atoms with van der Waals surface area (Å²) in [4.78, 5) is 0.784. The van der Waals surface area contributed by atoms with E-state index in [9.17, 15) is 13.5 Å². The van der Waals surface area contributed by atoms with Crippen molar-refractivity contribution in [3.8, 4) is 5.75 Å². The molecule has 1 aromatic carbocycles. The molecule has 0 saturated carbocycles. The van der Waals surface area contributed by atoms with Crippen molar-refractivity contribution in [2.45, 2.75) is 16.9 Å². The Morgan fingerprint density at radius 3 is 2.88 bits per heavy atom. The third-order valence-electron chi connectivity index (χ3n) is 4.42. The Kier molecular flexibility index (Phi) is 4.36. The number of ether oxygens (including phenoxy) is 1. The summed E-state index contributed by atoms with van der Waals surface area (Å²) >= 11 is 1.35. The minimum Gasteiger partial charge on any atom is -0.493 e. The van der Waals surface area contributed by atoms with E-state index in [4.69, 9.17) is 9.15 Å². The molecule has 0 saturated heterocycles. The maximum Gasteiger partial charge on any atom is 0.240 e. The van der Waals surface area contributed by atoms with Crippen LogP contribution >= 0.6 is 11.3 Å². The number of sulfonamides is 1. The summed E-state index contributed by atoms with van der Waals surface area (Å²) in [5, 5.41) is 13.0. The number of furan rings is 1. The fraction of sp³-hybridized carbons (Fsp3) is 0.222. The smallest absolute Gasteiger partial charge is 0.240 e. The van der Waals surface area contributed by atoms with Crippen LogP contribution in [0.15, 0.2) is 63.6 Å². The summed E-state index contributed by atoms with van der Waals surface area (Å²) in [6, 6.07) is 9.99. The predicted octanol–water partition coefficient (Wildman–Crippen LogP) is 2.49. The molecule has 26 heavy (non-hydrogen) atoms. The number of aliphatic hydroxyl groups is 1. The molecule has 0 radical (unpaired) electrons. The lowest BCUT2D eigenvalue weighted by Crippen LogP contribution is -2.40. The highest BCUT2D eigenvalue weighted by atomic mass is 32.2. The molecule has 3 aromatic rings. The molecule has 0 unspecified atom stereocenters. The van der Waals surface area contributed by atoms with Gasteiger partial charge in [-0.15, -0.1) is 11.3 Å². The zero-order valence-corrected chi connectivity index (χ0v) is 15.3. The minimum atomic E-state index is -3.79. The number of fused-ring (bicyclic) bond motifs is 1. The Bertz CT molecular complexity index is 960. The van der Waals surface area contributed by atoms with Gasteiger partial charge in [0.25, 0.3) is 0 Å². The van der Waals surface area contributed by atoms with Crippen molar-refractivity contribution in [2.75, 3.05) is 13.2 Å². The molecule has 2 aromatic heterocycles. The van der Waals surface area contributed by atoms with E-state index < -0.39 is 15.6 Å². The Hall–Kier alpha value is -2.13. The number of rotatable bonds is 6. The average Bonchev–Trinajstić information content (AvgIpc) is 3.41. The average molecular weight is 391 g/mol. The summed E-state index contributed by atoms with van der Waals surface area (Å²) in [5.41, 5.74) is -0.144. The Balaban J connectivity index is 1.61. The van der Waals surface area contributed by atoms with Crippen molar-refractivity contribution in [3.63, 3.8) is 0 Å². The monoisotopic (exact) mass is 391 g/mol. The van der Waals surface area contributed by atoms with Gasteiger partial charge in [0, 0.05) is 23.4 Å². The number of nitrogens with one attached hydrogen (secondary N) is 1. The predicted molar refractivity (Wildman–Crippen MR) is 96.9 cm³/mol. The quantitative estimate of drug-likeness (QED) is 0.674.